The predicted molar refractivity (Wildman–Crippen MR) is 146 cm³/mol. The number of anilines is 1. The number of alkyl halides is 3. The van der Waals surface area contributed by atoms with Crippen molar-refractivity contribution in [3.8, 4) is 17.1 Å². The summed E-state index contributed by atoms with van der Waals surface area (Å²) >= 11 is 0. The van der Waals surface area contributed by atoms with Gasteiger partial charge in [0.2, 0.25) is 11.7 Å². The second kappa shape index (κ2) is 12.0. The molecular weight excluding hydrogens is 556 g/mol. The van der Waals surface area contributed by atoms with Gasteiger partial charge in [-0.1, -0.05) is 30.3 Å². The molecule has 2 amide bonds. The molecule has 13 heteroatoms. The number of carbonyl (C=O) groups is 2. The number of tetrazole rings is 1. The molecule has 0 aliphatic heterocycles. The Morgan fingerprint density at radius 3 is 2.31 bits per heavy atom. The number of hydrogen-bond acceptors (Lipinski definition) is 6. The highest BCUT2D eigenvalue weighted by molar-refractivity contribution is 6.01. The average molecular weight is 585 g/mol. The minimum atomic E-state index is -4.71. The first-order valence-electron chi connectivity index (χ1n) is 12.7. The van der Waals surface area contributed by atoms with Crippen LogP contribution in [0.25, 0.3) is 11.4 Å². The van der Waals surface area contributed by atoms with Gasteiger partial charge in [-0.2, -0.15) is 18.0 Å². The van der Waals surface area contributed by atoms with E-state index in [0.29, 0.717) is 11.3 Å². The van der Waals surface area contributed by atoms with Crippen LogP contribution in [-0.2, 0) is 22.3 Å². The van der Waals surface area contributed by atoms with Crippen molar-refractivity contribution in [3.05, 3.63) is 89.7 Å². The molecule has 42 heavy (non-hydrogen) atoms. The maximum Gasteiger partial charge on any atom is 0.416 e. The zero-order valence-corrected chi connectivity index (χ0v) is 23.2. The third-order valence-corrected chi connectivity index (χ3v) is 6.00. The van der Waals surface area contributed by atoms with Crippen LogP contribution in [0.1, 0.15) is 37.9 Å². The van der Waals surface area contributed by atoms with Gasteiger partial charge in [0.15, 0.2) is 0 Å². The molecule has 0 aliphatic rings. The standard InChI is InChI=1S/C29H28F4N6O3/c1-28(2,3)34-27(41)25(18-12-14-21(42-4)15-13-18)39(20-9-7-8-19(16-20)29(31,32)33)24(40)17-38-36-26(35-37-38)22-10-5-6-11-23(22)30/h5-16,25H,17H2,1-4H3,(H,34,41)/t25-/m1/s1. The molecule has 0 radical (unpaired) electrons. The molecule has 0 bridgehead atoms. The quantitative estimate of drug-likeness (QED) is 0.286. The smallest absolute Gasteiger partial charge is 0.416 e. The van der Waals surface area contributed by atoms with Crippen LogP contribution < -0.4 is 15.0 Å². The first-order valence-corrected chi connectivity index (χ1v) is 12.7. The Balaban J connectivity index is 1.81. The number of nitrogens with zero attached hydrogens (tertiary/aromatic N) is 5. The van der Waals surface area contributed by atoms with Gasteiger partial charge < -0.3 is 10.1 Å². The lowest BCUT2D eigenvalue weighted by Crippen LogP contribution is -2.50. The Hall–Kier alpha value is -4.81. The van der Waals surface area contributed by atoms with Crippen molar-refractivity contribution in [2.75, 3.05) is 12.0 Å². The van der Waals surface area contributed by atoms with E-state index in [9.17, 15) is 27.2 Å². The van der Waals surface area contributed by atoms with E-state index in [1.165, 1.54) is 31.4 Å². The van der Waals surface area contributed by atoms with Crippen LogP contribution in [0.2, 0.25) is 0 Å². The molecular formula is C29H28F4N6O3. The number of aromatic nitrogens is 4. The van der Waals surface area contributed by atoms with Crippen molar-refractivity contribution in [2.45, 2.75) is 45.1 Å². The number of methoxy groups -OCH3 is 1. The molecule has 9 nitrogen and oxygen atoms in total. The van der Waals surface area contributed by atoms with Crippen LogP contribution in [0.3, 0.4) is 0 Å². The number of benzene rings is 3. The lowest BCUT2D eigenvalue weighted by atomic mass is 10.00. The second-order valence-electron chi connectivity index (χ2n) is 10.4. The van der Waals surface area contributed by atoms with Gasteiger partial charge in [0, 0.05) is 11.2 Å². The zero-order chi connectivity index (χ0) is 30.7. The van der Waals surface area contributed by atoms with Crippen LogP contribution in [0.15, 0.2) is 72.8 Å². The topological polar surface area (TPSA) is 102 Å². The number of carbonyl (C=O) groups excluding carboxylic acids is 2. The Labute approximate surface area is 239 Å². The summed E-state index contributed by atoms with van der Waals surface area (Å²) in [5.41, 5.74) is -1.59. The average Bonchev–Trinajstić information content (AvgIpc) is 3.38. The summed E-state index contributed by atoms with van der Waals surface area (Å²) in [5, 5.41) is 14.5. The highest BCUT2D eigenvalue weighted by Crippen LogP contribution is 2.35. The molecule has 0 spiro atoms. The number of amides is 2. The van der Waals surface area contributed by atoms with E-state index in [-0.39, 0.29) is 17.1 Å². The minimum absolute atomic E-state index is 0.0478. The molecule has 1 heterocycles. The number of ether oxygens (including phenoxy) is 1. The number of nitrogens with one attached hydrogen (secondary N) is 1. The van der Waals surface area contributed by atoms with Gasteiger partial charge in [-0.15, -0.1) is 10.2 Å². The van der Waals surface area contributed by atoms with E-state index >= 15 is 0 Å². The molecule has 4 aromatic rings. The van der Waals surface area contributed by atoms with E-state index in [0.717, 1.165) is 27.9 Å². The molecule has 0 fully saturated rings. The fourth-order valence-electron chi connectivity index (χ4n) is 4.17. The lowest BCUT2D eigenvalue weighted by Gasteiger charge is -2.34. The van der Waals surface area contributed by atoms with Gasteiger partial charge in [-0.05, 0) is 74.0 Å². The van der Waals surface area contributed by atoms with E-state index in [2.05, 4.69) is 20.7 Å². The number of hydrogen-bond donors (Lipinski definition) is 1. The first-order chi connectivity index (χ1) is 19.8. The molecule has 4 rings (SSSR count). The van der Waals surface area contributed by atoms with Gasteiger partial charge >= 0.3 is 6.18 Å². The third kappa shape index (κ3) is 7.09. The molecule has 0 saturated carbocycles. The molecule has 0 aliphatic carbocycles. The van der Waals surface area contributed by atoms with E-state index in [1.807, 2.05) is 0 Å². The van der Waals surface area contributed by atoms with Crippen molar-refractivity contribution in [3.63, 3.8) is 0 Å². The molecule has 1 atom stereocenters. The van der Waals surface area contributed by atoms with E-state index < -0.39 is 47.5 Å². The summed E-state index contributed by atoms with van der Waals surface area (Å²) in [4.78, 5) is 29.5. The van der Waals surface area contributed by atoms with Crippen LogP contribution in [0, 0.1) is 5.82 Å². The van der Waals surface area contributed by atoms with Gasteiger partial charge in [-0.25, -0.2) is 4.39 Å². The normalized spacial score (nSPS) is 12.5. The predicted octanol–water partition coefficient (Wildman–Crippen LogP) is 5.20. The number of rotatable bonds is 8. The maximum atomic E-state index is 14.3. The Morgan fingerprint density at radius 2 is 1.69 bits per heavy atom. The largest absolute Gasteiger partial charge is 0.497 e. The van der Waals surface area contributed by atoms with E-state index in [1.54, 1.807) is 51.1 Å². The summed E-state index contributed by atoms with van der Waals surface area (Å²) in [6.07, 6.45) is -4.71. The van der Waals surface area contributed by atoms with Gasteiger partial charge in [0.05, 0.1) is 18.2 Å². The summed E-state index contributed by atoms with van der Waals surface area (Å²) < 4.78 is 60.6. The van der Waals surface area contributed by atoms with Crippen LogP contribution in [-0.4, -0.2) is 44.7 Å². The molecule has 1 N–H and O–H groups in total. The SMILES string of the molecule is COc1ccc([C@H](C(=O)NC(C)(C)C)N(C(=O)Cn2nnc(-c3ccccc3F)n2)c2cccc(C(F)(F)F)c2)cc1. The fraction of sp³-hybridized carbons (Fsp3) is 0.276. The van der Waals surface area contributed by atoms with Crippen molar-refractivity contribution < 1.29 is 31.9 Å². The lowest BCUT2D eigenvalue weighted by molar-refractivity contribution is -0.137. The van der Waals surface area contributed by atoms with Crippen LogP contribution >= 0.6 is 0 Å². The summed E-state index contributed by atoms with van der Waals surface area (Å²) in [7, 11) is 1.46. The van der Waals surface area contributed by atoms with Gasteiger partial charge in [0.1, 0.15) is 24.2 Å². The Kier molecular flexibility index (Phi) is 8.59. The number of halogens is 4. The van der Waals surface area contributed by atoms with Crippen LogP contribution in [0.5, 0.6) is 5.75 Å². The summed E-state index contributed by atoms with van der Waals surface area (Å²) in [5.74, 6) is -1.69. The third-order valence-electron chi connectivity index (χ3n) is 6.00. The fourth-order valence-corrected chi connectivity index (χ4v) is 4.17. The molecule has 1 aromatic heterocycles. The van der Waals surface area contributed by atoms with Crippen LogP contribution in [0.4, 0.5) is 23.2 Å². The molecule has 0 saturated heterocycles. The van der Waals surface area contributed by atoms with Crippen molar-refractivity contribution in [1.82, 2.24) is 25.5 Å². The van der Waals surface area contributed by atoms with Crippen molar-refractivity contribution in [1.29, 1.82) is 0 Å². The van der Waals surface area contributed by atoms with Gasteiger partial charge in [-0.3, -0.25) is 14.5 Å². The Bertz CT molecular complexity index is 1560. The highest BCUT2D eigenvalue weighted by atomic mass is 19.4. The molecule has 0 unspecified atom stereocenters. The van der Waals surface area contributed by atoms with Gasteiger partial charge in [0.25, 0.3) is 5.91 Å². The van der Waals surface area contributed by atoms with Crippen molar-refractivity contribution >= 4 is 17.5 Å². The highest BCUT2D eigenvalue weighted by Gasteiger charge is 2.37. The maximum absolute atomic E-state index is 14.3. The zero-order valence-electron chi connectivity index (χ0n) is 23.2. The first kappa shape index (κ1) is 30.2. The monoisotopic (exact) mass is 584 g/mol. The Morgan fingerprint density at radius 1 is 1.00 bits per heavy atom. The molecule has 220 valence electrons. The van der Waals surface area contributed by atoms with E-state index in [4.69, 9.17) is 4.74 Å². The second-order valence-corrected chi connectivity index (χ2v) is 10.4. The summed E-state index contributed by atoms with van der Waals surface area (Å²) in [6.45, 7) is 4.58. The minimum Gasteiger partial charge on any atom is -0.497 e. The molecule has 3 aromatic carbocycles. The summed E-state index contributed by atoms with van der Waals surface area (Å²) in [6, 6.07) is 14.6. The van der Waals surface area contributed by atoms with Crippen molar-refractivity contribution in [2.24, 2.45) is 0 Å².